The van der Waals surface area contributed by atoms with Crippen LogP contribution in [0.4, 0.5) is 0 Å². The second-order valence-corrected chi connectivity index (χ2v) is 5.31. The van der Waals surface area contributed by atoms with Gasteiger partial charge in [0.25, 0.3) is 0 Å². The highest BCUT2D eigenvalue weighted by Gasteiger charge is 2.22. The van der Waals surface area contributed by atoms with E-state index < -0.39 is 0 Å². The summed E-state index contributed by atoms with van der Waals surface area (Å²) in [5.74, 6) is 0. The zero-order chi connectivity index (χ0) is 12.7. The molecule has 2 heteroatoms. The summed E-state index contributed by atoms with van der Waals surface area (Å²) in [5.41, 5.74) is 12.9. The number of hydrogen-bond acceptors (Lipinski definition) is 1. The number of benzene rings is 1. The first-order valence-electron chi connectivity index (χ1n) is 6.71. The van der Waals surface area contributed by atoms with Crippen molar-refractivity contribution in [2.45, 2.75) is 39.2 Å². The third-order valence-electron chi connectivity index (χ3n) is 4.00. The topological polar surface area (TPSA) is 30.9 Å². The maximum absolute atomic E-state index is 6.23. The smallest absolute Gasteiger partial charge is 0.0484 e. The predicted molar refractivity (Wildman–Crippen MR) is 75.1 cm³/mol. The Kier molecular flexibility index (Phi) is 2.75. The van der Waals surface area contributed by atoms with Crippen LogP contribution >= 0.6 is 0 Å². The Morgan fingerprint density at radius 1 is 1.22 bits per heavy atom. The maximum atomic E-state index is 6.23. The van der Waals surface area contributed by atoms with Gasteiger partial charge in [0.15, 0.2) is 0 Å². The fraction of sp³-hybridized carbons (Fsp3) is 0.375. The average Bonchev–Trinajstić information content (AvgIpc) is 2.68. The number of hydrogen-bond donors (Lipinski definition) is 1. The fourth-order valence-electron chi connectivity index (χ4n) is 3.09. The molecule has 18 heavy (non-hydrogen) atoms. The first-order valence-corrected chi connectivity index (χ1v) is 6.71. The van der Waals surface area contributed by atoms with Crippen molar-refractivity contribution in [3.8, 4) is 5.69 Å². The van der Waals surface area contributed by atoms with Gasteiger partial charge in [0.05, 0.1) is 0 Å². The highest BCUT2D eigenvalue weighted by Crippen LogP contribution is 2.33. The molecule has 1 heterocycles. The van der Waals surface area contributed by atoms with Crippen molar-refractivity contribution in [3.63, 3.8) is 0 Å². The van der Waals surface area contributed by atoms with Crippen LogP contribution in [0.3, 0.4) is 0 Å². The standard InChI is InChI=1S/C16H20N2/c1-11-6-3-4-8-15(11)18-12(2)10-13-14(17)7-5-9-16(13)18/h3-4,6,8,10,14H,5,7,9,17H2,1-2H3. The van der Waals surface area contributed by atoms with Crippen molar-refractivity contribution in [3.05, 3.63) is 52.8 Å². The van der Waals surface area contributed by atoms with Crippen molar-refractivity contribution in [1.29, 1.82) is 0 Å². The maximum Gasteiger partial charge on any atom is 0.0484 e. The number of nitrogens with two attached hydrogens (primary N) is 1. The zero-order valence-electron chi connectivity index (χ0n) is 11.1. The van der Waals surface area contributed by atoms with Gasteiger partial charge < -0.3 is 10.3 Å². The van der Waals surface area contributed by atoms with Crippen LogP contribution in [-0.2, 0) is 6.42 Å². The summed E-state index contributed by atoms with van der Waals surface area (Å²) in [5, 5.41) is 0. The Labute approximate surface area is 108 Å². The summed E-state index contributed by atoms with van der Waals surface area (Å²) >= 11 is 0. The largest absolute Gasteiger partial charge is 0.324 e. The van der Waals surface area contributed by atoms with Crippen molar-refractivity contribution in [2.24, 2.45) is 5.73 Å². The second-order valence-electron chi connectivity index (χ2n) is 5.31. The summed E-state index contributed by atoms with van der Waals surface area (Å²) in [6.45, 7) is 4.35. The quantitative estimate of drug-likeness (QED) is 0.813. The minimum absolute atomic E-state index is 0.220. The number of fused-ring (bicyclic) bond motifs is 1. The van der Waals surface area contributed by atoms with Crippen molar-refractivity contribution in [2.75, 3.05) is 0 Å². The lowest BCUT2D eigenvalue weighted by molar-refractivity contribution is 0.559. The van der Waals surface area contributed by atoms with Gasteiger partial charge in [-0.15, -0.1) is 0 Å². The molecule has 1 aromatic carbocycles. The first kappa shape index (κ1) is 11.5. The summed E-state index contributed by atoms with van der Waals surface area (Å²) < 4.78 is 2.39. The molecule has 0 fully saturated rings. The van der Waals surface area contributed by atoms with E-state index in [-0.39, 0.29) is 6.04 Å². The molecule has 1 aliphatic rings. The summed E-state index contributed by atoms with van der Waals surface area (Å²) in [7, 11) is 0. The molecule has 0 spiro atoms. The summed E-state index contributed by atoms with van der Waals surface area (Å²) in [6.07, 6.45) is 3.46. The predicted octanol–water partition coefficient (Wildman–Crippen LogP) is 3.43. The molecule has 0 saturated carbocycles. The van der Waals surface area contributed by atoms with Crippen molar-refractivity contribution in [1.82, 2.24) is 4.57 Å². The fourth-order valence-corrected chi connectivity index (χ4v) is 3.09. The second kappa shape index (κ2) is 4.29. The first-order chi connectivity index (χ1) is 8.68. The van der Waals surface area contributed by atoms with Crippen LogP contribution < -0.4 is 5.73 Å². The lowest BCUT2D eigenvalue weighted by atomic mass is 9.93. The molecular weight excluding hydrogens is 220 g/mol. The molecule has 94 valence electrons. The Morgan fingerprint density at radius 2 is 2.00 bits per heavy atom. The molecule has 1 unspecified atom stereocenters. The minimum atomic E-state index is 0.220. The van der Waals surface area contributed by atoms with Crippen molar-refractivity contribution < 1.29 is 0 Å². The van der Waals surface area contributed by atoms with E-state index in [4.69, 9.17) is 5.73 Å². The monoisotopic (exact) mass is 240 g/mol. The molecule has 2 nitrogen and oxygen atoms in total. The van der Waals surface area contributed by atoms with Crippen LogP contribution in [0.25, 0.3) is 5.69 Å². The van der Waals surface area contributed by atoms with E-state index in [1.54, 1.807) is 0 Å². The SMILES string of the molecule is Cc1ccccc1-n1c(C)cc2c1CCCC2N. The Bertz CT molecular complexity index is 581. The molecule has 0 bridgehead atoms. The van der Waals surface area contributed by atoms with Crippen LogP contribution in [0.5, 0.6) is 0 Å². The zero-order valence-corrected chi connectivity index (χ0v) is 11.1. The number of aryl methyl sites for hydroxylation is 2. The lowest BCUT2D eigenvalue weighted by Crippen LogP contribution is -2.18. The molecule has 0 aliphatic heterocycles. The number of nitrogens with zero attached hydrogens (tertiary/aromatic N) is 1. The van der Waals surface area contributed by atoms with E-state index in [2.05, 4.69) is 48.7 Å². The minimum Gasteiger partial charge on any atom is -0.324 e. The number of para-hydroxylation sites is 1. The molecule has 0 amide bonds. The van der Waals surface area contributed by atoms with Crippen LogP contribution in [0.2, 0.25) is 0 Å². The molecule has 0 radical (unpaired) electrons. The molecule has 1 atom stereocenters. The van der Waals surface area contributed by atoms with Crippen LogP contribution in [0.1, 0.15) is 41.4 Å². The average molecular weight is 240 g/mol. The van der Waals surface area contributed by atoms with Crippen molar-refractivity contribution >= 4 is 0 Å². The van der Waals surface area contributed by atoms with Gasteiger partial charge in [0.1, 0.15) is 0 Å². The molecule has 1 aromatic heterocycles. The van der Waals surface area contributed by atoms with Gasteiger partial charge in [-0.2, -0.15) is 0 Å². The Hall–Kier alpha value is -1.54. The molecular formula is C16H20N2. The molecule has 3 rings (SSSR count). The molecule has 2 aromatic rings. The summed E-state index contributed by atoms with van der Waals surface area (Å²) in [6, 6.07) is 11.1. The van der Waals surface area contributed by atoms with Gasteiger partial charge in [-0.3, -0.25) is 0 Å². The van der Waals surface area contributed by atoms with Gasteiger partial charge >= 0.3 is 0 Å². The highest BCUT2D eigenvalue weighted by molar-refractivity contribution is 5.47. The van der Waals surface area contributed by atoms with Crippen LogP contribution in [-0.4, -0.2) is 4.57 Å². The molecule has 2 N–H and O–H groups in total. The van der Waals surface area contributed by atoms with Crippen LogP contribution in [0.15, 0.2) is 30.3 Å². The van der Waals surface area contributed by atoms with Gasteiger partial charge in [-0.05, 0) is 56.4 Å². The Balaban J connectivity index is 2.22. The van der Waals surface area contributed by atoms with E-state index in [0.717, 1.165) is 12.8 Å². The van der Waals surface area contributed by atoms with E-state index >= 15 is 0 Å². The van der Waals surface area contributed by atoms with Gasteiger partial charge in [-0.25, -0.2) is 0 Å². The lowest BCUT2D eigenvalue weighted by Gasteiger charge is -2.22. The van der Waals surface area contributed by atoms with E-state index in [1.165, 1.54) is 34.6 Å². The van der Waals surface area contributed by atoms with E-state index in [9.17, 15) is 0 Å². The third kappa shape index (κ3) is 1.68. The molecule has 0 saturated heterocycles. The Morgan fingerprint density at radius 3 is 2.78 bits per heavy atom. The normalized spacial score (nSPS) is 18.7. The van der Waals surface area contributed by atoms with Gasteiger partial charge in [-0.1, -0.05) is 18.2 Å². The summed E-state index contributed by atoms with van der Waals surface area (Å²) in [4.78, 5) is 0. The van der Waals surface area contributed by atoms with Gasteiger partial charge in [0.2, 0.25) is 0 Å². The van der Waals surface area contributed by atoms with E-state index in [1.807, 2.05) is 0 Å². The highest BCUT2D eigenvalue weighted by atomic mass is 15.0. The third-order valence-corrected chi connectivity index (χ3v) is 4.00. The van der Waals surface area contributed by atoms with Gasteiger partial charge in [0, 0.05) is 23.1 Å². The van der Waals surface area contributed by atoms with Crippen LogP contribution in [0, 0.1) is 13.8 Å². The molecule has 1 aliphatic carbocycles. The number of rotatable bonds is 1. The van der Waals surface area contributed by atoms with E-state index in [0.29, 0.717) is 0 Å². The number of aromatic nitrogens is 1.